The lowest BCUT2D eigenvalue weighted by Crippen LogP contribution is -2.22. The van der Waals surface area contributed by atoms with Crippen LogP contribution in [0.15, 0.2) is 17.8 Å². The molecule has 74 valence electrons. The number of alkyl halides is 3. The van der Waals surface area contributed by atoms with Crippen molar-refractivity contribution in [3.05, 3.63) is 23.5 Å². The monoisotopic (exact) mass is 236 g/mol. The second kappa shape index (κ2) is 2.99. The first kappa shape index (κ1) is 9.54. The van der Waals surface area contributed by atoms with Crippen molar-refractivity contribution < 1.29 is 13.6 Å². The van der Waals surface area contributed by atoms with Crippen LogP contribution in [0.25, 0.3) is 4.96 Å². The van der Waals surface area contributed by atoms with E-state index in [1.807, 2.05) is 0 Å². The van der Waals surface area contributed by atoms with Gasteiger partial charge in [-0.15, -0.1) is 11.3 Å². The number of carbonyl (C=O) groups excluding carboxylic acids is 1. The molecule has 2 heterocycles. The summed E-state index contributed by atoms with van der Waals surface area (Å²) in [6.45, 7) is 0. The number of carbonyl (C=O) groups is 1. The second-order valence-corrected chi connectivity index (χ2v) is 3.87. The van der Waals surface area contributed by atoms with E-state index in [9.17, 15) is 13.6 Å². The second-order valence-electron chi connectivity index (χ2n) is 2.53. The van der Waals surface area contributed by atoms with Gasteiger partial charge in [0.2, 0.25) is 0 Å². The number of imidazole rings is 1. The molecule has 0 N–H and O–H groups in total. The minimum absolute atomic E-state index is 0.207. The molecule has 0 radical (unpaired) electrons. The van der Waals surface area contributed by atoms with Crippen molar-refractivity contribution in [2.45, 2.75) is 5.38 Å². The van der Waals surface area contributed by atoms with Gasteiger partial charge in [0.1, 0.15) is 5.69 Å². The van der Waals surface area contributed by atoms with Crippen molar-refractivity contribution in [3.63, 3.8) is 0 Å². The Bertz CT molecular complexity index is 487. The summed E-state index contributed by atoms with van der Waals surface area (Å²) in [5.74, 6) is -1.44. The number of thiazole rings is 1. The molecule has 2 aromatic heterocycles. The summed E-state index contributed by atoms with van der Waals surface area (Å²) >= 11 is 5.87. The molecule has 7 heteroatoms. The molecule has 3 nitrogen and oxygen atoms in total. The highest BCUT2D eigenvalue weighted by Gasteiger charge is 2.38. The quantitative estimate of drug-likeness (QED) is 0.593. The molecule has 0 aliphatic heterocycles. The van der Waals surface area contributed by atoms with Gasteiger partial charge in [-0.25, -0.2) is 4.98 Å². The van der Waals surface area contributed by atoms with Gasteiger partial charge < -0.3 is 0 Å². The smallest absolute Gasteiger partial charge is 0.287 e. The van der Waals surface area contributed by atoms with E-state index in [1.165, 1.54) is 21.9 Å². The summed E-state index contributed by atoms with van der Waals surface area (Å²) in [6.07, 6.45) is 2.58. The number of aromatic nitrogens is 2. The summed E-state index contributed by atoms with van der Waals surface area (Å²) < 4.78 is 26.3. The maximum Gasteiger partial charge on any atom is 0.386 e. The average molecular weight is 237 g/mol. The minimum atomic E-state index is -3.88. The number of Topliss-reactive ketones (excluding diaryl/α,β-unsaturated/α-hetero) is 1. The Morgan fingerprint density at radius 2 is 2.36 bits per heavy atom. The topological polar surface area (TPSA) is 34.4 Å². The van der Waals surface area contributed by atoms with Crippen LogP contribution in [-0.2, 0) is 0 Å². The van der Waals surface area contributed by atoms with E-state index >= 15 is 0 Å². The molecule has 14 heavy (non-hydrogen) atoms. The summed E-state index contributed by atoms with van der Waals surface area (Å²) in [4.78, 5) is 15.4. The van der Waals surface area contributed by atoms with Crippen molar-refractivity contribution in [1.82, 2.24) is 9.38 Å². The molecule has 0 aromatic carbocycles. The van der Waals surface area contributed by atoms with Crippen LogP contribution in [0.4, 0.5) is 8.78 Å². The van der Waals surface area contributed by atoms with Crippen LogP contribution in [0.5, 0.6) is 0 Å². The molecule has 2 aromatic rings. The van der Waals surface area contributed by atoms with Gasteiger partial charge in [0, 0.05) is 11.6 Å². The van der Waals surface area contributed by atoms with Gasteiger partial charge >= 0.3 is 5.38 Å². The van der Waals surface area contributed by atoms with Gasteiger partial charge in [0.25, 0.3) is 5.78 Å². The highest BCUT2D eigenvalue weighted by molar-refractivity contribution is 7.15. The predicted molar refractivity (Wildman–Crippen MR) is 48.2 cm³/mol. The van der Waals surface area contributed by atoms with Gasteiger partial charge in [-0.05, 0) is 11.6 Å². The third-order valence-corrected chi connectivity index (χ3v) is 2.58. The van der Waals surface area contributed by atoms with Crippen LogP contribution < -0.4 is 0 Å². The van der Waals surface area contributed by atoms with Crippen LogP contribution >= 0.6 is 22.9 Å². The van der Waals surface area contributed by atoms with Crippen molar-refractivity contribution in [3.8, 4) is 0 Å². The first-order valence-corrected chi connectivity index (χ1v) is 4.78. The zero-order valence-corrected chi connectivity index (χ0v) is 8.15. The normalized spacial score (nSPS) is 12.2. The number of halogens is 3. The Morgan fingerprint density at radius 1 is 1.64 bits per heavy atom. The minimum Gasteiger partial charge on any atom is -0.287 e. The predicted octanol–water partition coefficient (Wildman–Crippen LogP) is 2.41. The van der Waals surface area contributed by atoms with Crippen LogP contribution in [0.2, 0.25) is 0 Å². The van der Waals surface area contributed by atoms with Gasteiger partial charge in [0.05, 0.1) is 6.20 Å². The number of hydrogen-bond acceptors (Lipinski definition) is 3. The molecule has 0 saturated heterocycles. The van der Waals surface area contributed by atoms with Gasteiger partial charge in [0.15, 0.2) is 4.96 Å². The van der Waals surface area contributed by atoms with Gasteiger partial charge in [-0.1, -0.05) is 0 Å². The Labute approximate surface area is 85.9 Å². The third kappa shape index (κ3) is 1.40. The molecule has 2 rings (SSSR count). The highest BCUT2D eigenvalue weighted by Crippen LogP contribution is 2.25. The lowest BCUT2D eigenvalue weighted by molar-refractivity contribution is 0.0529. The van der Waals surface area contributed by atoms with E-state index in [0.717, 1.165) is 6.20 Å². The maximum atomic E-state index is 12.5. The molecule has 0 spiro atoms. The highest BCUT2D eigenvalue weighted by atomic mass is 35.5. The Morgan fingerprint density at radius 3 is 3.00 bits per heavy atom. The summed E-state index contributed by atoms with van der Waals surface area (Å²) in [5, 5.41) is -2.23. The van der Waals surface area contributed by atoms with E-state index in [-0.39, 0.29) is 5.69 Å². The number of ketones is 1. The van der Waals surface area contributed by atoms with E-state index in [1.54, 1.807) is 5.38 Å². The Hall–Kier alpha value is -1.01. The van der Waals surface area contributed by atoms with Gasteiger partial charge in [-0.3, -0.25) is 9.20 Å². The van der Waals surface area contributed by atoms with E-state index in [0.29, 0.717) is 4.96 Å². The van der Waals surface area contributed by atoms with E-state index in [4.69, 9.17) is 0 Å². The van der Waals surface area contributed by atoms with Crippen LogP contribution in [0.3, 0.4) is 0 Å². The maximum absolute atomic E-state index is 12.5. The van der Waals surface area contributed by atoms with E-state index < -0.39 is 11.2 Å². The lowest BCUT2D eigenvalue weighted by atomic mass is 10.3. The standard InChI is InChI=1S/C7H3ClF2N2OS/c8-7(9,10)5(13)4-3-11-6-12(4)1-2-14-6/h1-3H. The van der Waals surface area contributed by atoms with Crippen LogP contribution in [0.1, 0.15) is 10.5 Å². The number of nitrogens with zero attached hydrogens (tertiary/aromatic N) is 2. The average Bonchev–Trinajstić information content (AvgIpc) is 2.59. The van der Waals surface area contributed by atoms with Crippen molar-refractivity contribution in [1.29, 1.82) is 0 Å². The Balaban J connectivity index is 2.54. The zero-order valence-electron chi connectivity index (χ0n) is 6.58. The summed E-state index contributed by atoms with van der Waals surface area (Å²) in [6, 6.07) is 0. The number of rotatable bonds is 2. The van der Waals surface area contributed by atoms with Crippen molar-refractivity contribution in [2.75, 3.05) is 0 Å². The lowest BCUT2D eigenvalue weighted by Gasteiger charge is -2.04. The molecule has 0 bridgehead atoms. The summed E-state index contributed by atoms with van der Waals surface area (Å²) in [7, 11) is 0. The molecule has 0 amide bonds. The van der Waals surface area contributed by atoms with Crippen molar-refractivity contribution in [2.24, 2.45) is 0 Å². The number of fused-ring (bicyclic) bond motifs is 1. The fourth-order valence-corrected chi connectivity index (χ4v) is 1.83. The fraction of sp³-hybridized carbons (Fsp3) is 0.143. The molecule has 0 fully saturated rings. The van der Waals surface area contributed by atoms with Crippen LogP contribution in [-0.4, -0.2) is 20.5 Å². The summed E-state index contributed by atoms with van der Waals surface area (Å²) in [5.41, 5.74) is -0.207. The first-order chi connectivity index (χ1) is 6.50. The molecular weight excluding hydrogens is 234 g/mol. The number of hydrogen-bond donors (Lipinski definition) is 0. The largest absolute Gasteiger partial charge is 0.386 e. The molecule has 0 unspecified atom stereocenters. The molecular formula is C7H3ClF2N2OS. The molecule has 0 saturated carbocycles. The molecule has 0 aliphatic rings. The molecule has 0 aliphatic carbocycles. The van der Waals surface area contributed by atoms with Gasteiger partial charge in [-0.2, -0.15) is 8.78 Å². The fourth-order valence-electron chi connectivity index (χ4n) is 1.04. The van der Waals surface area contributed by atoms with E-state index in [2.05, 4.69) is 16.6 Å². The SMILES string of the molecule is O=C(c1cnc2sccn12)C(F)(F)Cl. The zero-order chi connectivity index (χ0) is 10.3. The first-order valence-electron chi connectivity index (χ1n) is 3.52. The Kier molecular flexibility index (Phi) is 2.04. The van der Waals surface area contributed by atoms with Crippen LogP contribution in [0, 0.1) is 0 Å². The molecule has 0 atom stereocenters. The third-order valence-electron chi connectivity index (χ3n) is 1.64. The van der Waals surface area contributed by atoms with Crippen molar-refractivity contribution >= 4 is 33.7 Å².